The van der Waals surface area contributed by atoms with Gasteiger partial charge in [-0.3, -0.25) is 4.79 Å². The smallest absolute Gasteiger partial charge is 0.306 e. The predicted molar refractivity (Wildman–Crippen MR) is 325 cm³/mol. The van der Waals surface area contributed by atoms with Gasteiger partial charge in [-0.1, -0.05) is 192 Å². The Hall–Kier alpha value is -4.13. The molecule has 458 valence electrons. The summed E-state index contributed by atoms with van der Waals surface area (Å²) in [6.45, 7) is 3.32. The van der Waals surface area contributed by atoms with Crippen LogP contribution in [0.1, 0.15) is 168 Å². The van der Waals surface area contributed by atoms with Crippen LogP contribution >= 0.6 is 0 Å². The molecule has 0 spiro atoms. The Labute approximate surface area is 487 Å². The lowest BCUT2D eigenvalue weighted by Crippen LogP contribution is -2.61. The first kappa shape index (κ1) is 73.0. The van der Waals surface area contributed by atoms with Crippen molar-refractivity contribution < 1.29 is 69.0 Å². The lowest BCUT2D eigenvalue weighted by atomic mass is 9.98. The third-order valence-electron chi connectivity index (χ3n) is 13.3. The number of carbonyl (C=O) groups is 1. The van der Waals surface area contributed by atoms with Crippen LogP contribution in [0.2, 0.25) is 0 Å². The highest BCUT2D eigenvalue weighted by atomic mass is 16.7. The summed E-state index contributed by atoms with van der Waals surface area (Å²) >= 11 is 0. The number of aliphatic hydroxyl groups is 7. The van der Waals surface area contributed by atoms with Crippen molar-refractivity contribution in [2.45, 2.75) is 235 Å². The maximum atomic E-state index is 13.1. The summed E-state index contributed by atoms with van der Waals surface area (Å²) < 4.78 is 34.4. The largest absolute Gasteiger partial charge is 0.457 e. The maximum Gasteiger partial charge on any atom is 0.306 e. The van der Waals surface area contributed by atoms with E-state index in [1.807, 2.05) is 0 Å². The zero-order valence-corrected chi connectivity index (χ0v) is 49.2. The monoisotopic (exact) mass is 1130 g/mol. The van der Waals surface area contributed by atoms with Crippen molar-refractivity contribution >= 4 is 5.97 Å². The van der Waals surface area contributed by atoms with E-state index in [2.05, 4.69) is 160 Å². The van der Waals surface area contributed by atoms with E-state index in [-0.39, 0.29) is 19.6 Å². The summed E-state index contributed by atoms with van der Waals surface area (Å²) in [5.74, 6) is -0.410. The van der Waals surface area contributed by atoms with Crippen LogP contribution in [0.15, 0.2) is 146 Å². The Morgan fingerprint density at radius 2 is 0.765 bits per heavy atom. The minimum absolute atomic E-state index is 0.0211. The summed E-state index contributed by atoms with van der Waals surface area (Å²) in [7, 11) is 0. The van der Waals surface area contributed by atoms with Crippen molar-refractivity contribution in [2.24, 2.45) is 0 Å². The van der Waals surface area contributed by atoms with Gasteiger partial charge in [0.2, 0.25) is 0 Å². The number of esters is 1. The van der Waals surface area contributed by atoms with E-state index in [1.165, 1.54) is 0 Å². The molecule has 0 saturated carbocycles. The van der Waals surface area contributed by atoms with Gasteiger partial charge in [0.25, 0.3) is 0 Å². The quantitative estimate of drug-likeness (QED) is 0.0172. The molecule has 0 aromatic carbocycles. The molecular weight excluding hydrogens is 1030 g/mol. The number of unbranched alkanes of at least 4 members (excludes halogenated alkanes) is 9. The fourth-order valence-corrected chi connectivity index (χ4v) is 8.53. The van der Waals surface area contributed by atoms with Gasteiger partial charge in [0.15, 0.2) is 12.6 Å². The SMILES string of the molecule is CC/C=C\C/C=C\C/C=C\C/C=C\C/C=C\C/C=C\CCCCCCCCC(=O)OC(COCCCCC/C=C\C/C=C\C/C=C\C/C=C\C/C=C\C/C=C\CC)COC1OC(COC2OC(CO)C(O)C(O)C2O)C(O)C(O)C1O. The molecule has 2 saturated heterocycles. The molecule has 81 heavy (non-hydrogen) atoms. The highest BCUT2D eigenvalue weighted by Crippen LogP contribution is 2.26. The van der Waals surface area contributed by atoms with Crippen molar-refractivity contribution in [3.63, 3.8) is 0 Å². The van der Waals surface area contributed by atoms with Crippen LogP contribution in [-0.2, 0) is 33.2 Å². The zero-order chi connectivity index (χ0) is 58.6. The minimum Gasteiger partial charge on any atom is -0.457 e. The van der Waals surface area contributed by atoms with Crippen molar-refractivity contribution in [1.29, 1.82) is 0 Å². The second-order valence-corrected chi connectivity index (χ2v) is 20.4. The van der Waals surface area contributed by atoms with Crippen molar-refractivity contribution in [3.05, 3.63) is 146 Å². The second kappa shape index (κ2) is 51.5. The Bertz CT molecular complexity index is 1890. The van der Waals surface area contributed by atoms with E-state index in [9.17, 15) is 40.5 Å². The van der Waals surface area contributed by atoms with Gasteiger partial charge in [0.05, 0.1) is 26.4 Å². The first-order chi connectivity index (χ1) is 39.6. The molecular formula is C67H106O14. The highest BCUT2D eigenvalue weighted by molar-refractivity contribution is 5.69. The van der Waals surface area contributed by atoms with Crippen LogP contribution in [0.25, 0.3) is 0 Å². The normalized spacial score (nSPS) is 24.8. The van der Waals surface area contributed by atoms with E-state index in [0.717, 1.165) is 141 Å². The summed E-state index contributed by atoms with van der Waals surface area (Å²) in [5, 5.41) is 72.5. The van der Waals surface area contributed by atoms with Crippen molar-refractivity contribution in [3.8, 4) is 0 Å². The van der Waals surface area contributed by atoms with Gasteiger partial charge in [-0.2, -0.15) is 0 Å². The van der Waals surface area contributed by atoms with Gasteiger partial charge in [0, 0.05) is 13.0 Å². The van der Waals surface area contributed by atoms with Crippen LogP contribution < -0.4 is 0 Å². The van der Waals surface area contributed by atoms with E-state index in [0.29, 0.717) is 13.0 Å². The molecule has 0 bridgehead atoms. The molecule has 7 N–H and O–H groups in total. The lowest BCUT2D eigenvalue weighted by Gasteiger charge is -2.42. The highest BCUT2D eigenvalue weighted by Gasteiger charge is 2.47. The minimum atomic E-state index is -1.73. The standard InChI is InChI=1S/C67H106O14/c1-3-5-7-9-11-13-15-17-19-21-23-25-27-28-29-30-32-34-36-38-40-42-44-46-48-50-59(69)79-56(53-76-51-49-47-45-43-41-39-37-35-33-31-26-24-22-20-18-16-14-12-10-8-6-4-2)54-77-66-65(75)63(73)61(71)58(81-66)55-78-67-64(74)62(72)60(70)57(52-68)80-67/h5-8,11-14,17-20,23-26,28-29,32-35,39,41,56-58,60-68,70-75H,3-4,9-10,15-16,21-22,27,30-31,36-38,40,42-55H2,1-2H3/b7-5-,8-6-,13-11-,14-12-,19-17-,20-18-,25-23-,26-24-,29-28-,34-32-,35-33-,41-39-. The Kier molecular flexibility index (Phi) is 46.4. The van der Waals surface area contributed by atoms with Crippen molar-refractivity contribution in [1.82, 2.24) is 0 Å². The van der Waals surface area contributed by atoms with Gasteiger partial charge >= 0.3 is 5.97 Å². The number of ether oxygens (including phenoxy) is 6. The molecule has 11 unspecified atom stereocenters. The molecule has 0 aromatic heterocycles. The zero-order valence-electron chi connectivity index (χ0n) is 49.2. The molecule has 0 aliphatic carbocycles. The fraction of sp³-hybridized carbons (Fsp3) is 0.627. The van der Waals surface area contributed by atoms with Gasteiger partial charge in [0.1, 0.15) is 54.9 Å². The number of carbonyl (C=O) groups excluding carboxylic acids is 1. The molecule has 2 aliphatic heterocycles. The van der Waals surface area contributed by atoms with Crippen LogP contribution in [0, 0.1) is 0 Å². The second-order valence-electron chi connectivity index (χ2n) is 20.4. The summed E-state index contributed by atoms with van der Waals surface area (Å²) in [4.78, 5) is 13.1. The van der Waals surface area contributed by atoms with E-state index < -0.39 is 86.7 Å². The number of allylic oxidation sites excluding steroid dienone is 24. The Balaban J connectivity index is 1.74. The molecule has 14 heteroatoms. The Morgan fingerprint density at radius 1 is 0.407 bits per heavy atom. The molecule has 2 fully saturated rings. The first-order valence-corrected chi connectivity index (χ1v) is 30.4. The summed E-state index contributed by atoms with van der Waals surface area (Å²) in [5.41, 5.74) is 0. The third-order valence-corrected chi connectivity index (χ3v) is 13.3. The average molecular weight is 1140 g/mol. The molecule has 11 atom stereocenters. The average Bonchev–Trinajstić information content (AvgIpc) is 3.46. The van der Waals surface area contributed by atoms with E-state index in [1.54, 1.807) is 0 Å². The molecule has 2 aliphatic rings. The van der Waals surface area contributed by atoms with Gasteiger partial charge in [-0.25, -0.2) is 0 Å². The molecule has 2 rings (SSSR count). The number of rotatable bonds is 47. The van der Waals surface area contributed by atoms with Crippen LogP contribution in [0.4, 0.5) is 0 Å². The number of hydrogen-bond acceptors (Lipinski definition) is 14. The van der Waals surface area contributed by atoms with E-state index in [4.69, 9.17) is 28.4 Å². The van der Waals surface area contributed by atoms with Crippen LogP contribution in [-0.4, -0.2) is 142 Å². The molecule has 0 aromatic rings. The Morgan fingerprint density at radius 3 is 1.20 bits per heavy atom. The van der Waals surface area contributed by atoms with Gasteiger partial charge in [-0.05, 0) is 116 Å². The van der Waals surface area contributed by atoms with Crippen LogP contribution in [0.5, 0.6) is 0 Å². The van der Waals surface area contributed by atoms with Gasteiger partial charge in [-0.15, -0.1) is 0 Å². The third kappa shape index (κ3) is 37.6. The molecule has 0 radical (unpaired) electrons. The summed E-state index contributed by atoms with van der Waals surface area (Å²) in [6.07, 6.45) is 59.0. The fourth-order valence-electron chi connectivity index (χ4n) is 8.53. The summed E-state index contributed by atoms with van der Waals surface area (Å²) in [6, 6.07) is 0. The topological polar surface area (TPSA) is 214 Å². The molecule has 0 amide bonds. The lowest BCUT2D eigenvalue weighted by molar-refractivity contribution is -0.332. The van der Waals surface area contributed by atoms with Gasteiger partial charge < -0.3 is 64.2 Å². The molecule has 14 nitrogen and oxygen atoms in total. The first-order valence-electron chi connectivity index (χ1n) is 30.4. The van der Waals surface area contributed by atoms with Crippen molar-refractivity contribution in [2.75, 3.05) is 33.0 Å². The molecule has 2 heterocycles. The number of hydrogen-bond donors (Lipinski definition) is 7. The predicted octanol–water partition coefficient (Wildman–Crippen LogP) is 11.6. The van der Waals surface area contributed by atoms with E-state index >= 15 is 0 Å². The maximum absolute atomic E-state index is 13.1. The van der Waals surface area contributed by atoms with Crippen LogP contribution in [0.3, 0.4) is 0 Å². The number of aliphatic hydroxyl groups excluding tert-OH is 7.